The molecule has 1 aliphatic heterocycles. The Bertz CT molecular complexity index is 1040. The molecule has 0 spiro atoms. The summed E-state index contributed by atoms with van der Waals surface area (Å²) in [6.07, 6.45) is 5.25. The lowest BCUT2D eigenvalue weighted by atomic mass is 9.98. The Hall–Kier alpha value is -2.96. The van der Waals surface area contributed by atoms with Gasteiger partial charge in [-0.25, -0.2) is 0 Å². The zero-order valence-corrected chi connectivity index (χ0v) is 16.2. The maximum absolute atomic E-state index is 9.20. The van der Waals surface area contributed by atoms with E-state index in [0.717, 1.165) is 85.2 Å². The Labute approximate surface area is 169 Å². The van der Waals surface area contributed by atoms with Gasteiger partial charge in [0.1, 0.15) is 11.5 Å². The van der Waals surface area contributed by atoms with Gasteiger partial charge in [0.2, 0.25) is 0 Å². The summed E-state index contributed by atoms with van der Waals surface area (Å²) in [5, 5.41) is 12.6. The predicted octanol–water partition coefficient (Wildman–Crippen LogP) is 3.97. The first-order valence-corrected chi connectivity index (χ1v) is 9.99. The highest BCUT2D eigenvalue weighted by atomic mass is 16.5. The van der Waals surface area contributed by atoms with Crippen LogP contribution in [0.4, 0.5) is 0 Å². The molecule has 1 saturated heterocycles. The number of benzene rings is 1. The largest absolute Gasteiger partial charge is 0.459 e. The molecule has 1 aliphatic carbocycles. The minimum atomic E-state index is 0.765. The topological polar surface area (TPSA) is 71.1 Å². The number of furan rings is 1. The molecule has 0 atom stereocenters. The standard InChI is InChI=1S/C23H23N3O3/c27-25-22-4-2-17-13-18(1-3-20(17)22)21-14-19(15-26-9-11-28-12-10-26)29-23(21)16-5-7-24-8-6-16/h1,3,5-8,13-14,27H,2,4,9-12,15H2/b25-22-. The van der Waals surface area contributed by atoms with Crippen LogP contribution in [0.2, 0.25) is 0 Å². The Morgan fingerprint density at radius 3 is 2.59 bits per heavy atom. The fourth-order valence-electron chi connectivity index (χ4n) is 4.17. The summed E-state index contributed by atoms with van der Waals surface area (Å²) in [4.78, 5) is 6.49. The molecule has 148 valence electrons. The Morgan fingerprint density at radius 2 is 1.79 bits per heavy atom. The molecule has 0 radical (unpaired) electrons. The summed E-state index contributed by atoms with van der Waals surface area (Å²) >= 11 is 0. The lowest BCUT2D eigenvalue weighted by Crippen LogP contribution is -2.35. The molecule has 1 N–H and O–H groups in total. The molecule has 29 heavy (non-hydrogen) atoms. The van der Waals surface area contributed by atoms with Crippen LogP contribution in [-0.4, -0.2) is 47.1 Å². The van der Waals surface area contributed by atoms with Crippen LogP contribution in [0.3, 0.4) is 0 Å². The summed E-state index contributed by atoms with van der Waals surface area (Å²) in [5.41, 5.74) is 6.23. The van der Waals surface area contributed by atoms with Crippen LogP contribution in [0.25, 0.3) is 22.5 Å². The second-order valence-electron chi connectivity index (χ2n) is 7.50. The second-order valence-corrected chi connectivity index (χ2v) is 7.50. The molecule has 0 bridgehead atoms. The molecule has 5 rings (SSSR count). The van der Waals surface area contributed by atoms with E-state index in [1.54, 1.807) is 12.4 Å². The number of aromatic nitrogens is 1. The van der Waals surface area contributed by atoms with E-state index >= 15 is 0 Å². The molecule has 2 aliphatic rings. The number of oxime groups is 1. The predicted molar refractivity (Wildman–Crippen MR) is 110 cm³/mol. The van der Waals surface area contributed by atoms with E-state index in [1.807, 2.05) is 12.1 Å². The summed E-state index contributed by atoms with van der Waals surface area (Å²) in [7, 11) is 0. The van der Waals surface area contributed by atoms with E-state index in [4.69, 9.17) is 9.15 Å². The van der Waals surface area contributed by atoms with E-state index in [-0.39, 0.29) is 0 Å². The Balaban J connectivity index is 1.54. The normalized spacial score (nSPS) is 18.3. The fraction of sp³-hybridized carbons (Fsp3) is 0.304. The highest BCUT2D eigenvalue weighted by Gasteiger charge is 2.22. The van der Waals surface area contributed by atoms with Gasteiger partial charge < -0.3 is 14.4 Å². The fourth-order valence-corrected chi connectivity index (χ4v) is 4.17. The quantitative estimate of drug-likeness (QED) is 0.540. The van der Waals surface area contributed by atoms with Gasteiger partial charge in [-0.15, -0.1) is 0 Å². The van der Waals surface area contributed by atoms with Crippen LogP contribution in [-0.2, 0) is 17.7 Å². The lowest BCUT2D eigenvalue weighted by molar-refractivity contribution is 0.0314. The van der Waals surface area contributed by atoms with E-state index in [0.29, 0.717) is 0 Å². The van der Waals surface area contributed by atoms with Crippen molar-refractivity contribution in [2.75, 3.05) is 26.3 Å². The highest BCUT2D eigenvalue weighted by Crippen LogP contribution is 2.37. The van der Waals surface area contributed by atoms with Crippen molar-refractivity contribution in [1.29, 1.82) is 0 Å². The summed E-state index contributed by atoms with van der Waals surface area (Å²) in [5.74, 6) is 1.82. The average Bonchev–Trinajstić information content (AvgIpc) is 3.38. The first-order chi connectivity index (χ1) is 14.3. The van der Waals surface area contributed by atoms with E-state index in [1.165, 1.54) is 5.56 Å². The third-order valence-corrected chi connectivity index (χ3v) is 5.69. The Kier molecular flexibility index (Phi) is 4.87. The number of pyridine rings is 1. The van der Waals surface area contributed by atoms with Gasteiger partial charge in [0.15, 0.2) is 0 Å². The van der Waals surface area contributed by atoms with Gasteiger partial charge >= 0.3 is 0 Å². The van der Waals surface area contributed by atoms with Gasteiger partial charge in [-0.1, -0.05) is 23.4 Å². The Morgan fingerprint density at radius 1 is 0.966 bits per heavy atom. The molecule has 0 amide bonds. The first-order valence-electron chi connectivity index (χ1n) is 9.99. The van der Waals surface area contributed by atoms with Crippen molar-refractivity contribution in [3.8, 4) is 22.5 Å². The third-order valence-electron chi connectivity index (χ3n) is 5.69. The van der Waals surface area contributed by atoms with E-state index in [2.05, 4.69) is 39.3 Å². The summed E-state index contributed by atoms with van der Waals surface area (Å²) < 4.78 is 11.8. The van der Waals surface area contributed by atoms with Crippen molar-refractivity contribution < 1.29 is 14.4 Å². The number of ether oxygens (including phenoxy) is 1. The highest BCUT2D eigenvalue weighted by molar-refractivity contribution is 6.04. The van der Waals surface area contributed by atoms with E-state index < -0.39 is 0 Å². The van der Waals surface area contributed by atoms with Crippen molar-refractivity contribution in [1.82, 2.24) is 9.88 Å². The number of fused-ring (bicyclic) bond motifs is 1. The number of rotatable bonds is 4. The van der Waals surface area contributed by atoms with Crippen molar-refractivity contribution in [3.63, 3.8) is 0 Å². The number of morpholine rings is 1. The molecule has 3 heterocycles. The van der Waals surface area contributed by atoms with Gasteiger partial charge in [0.05, 0.1) is 25.5 Å². The molecule has 0 unspecified atom stereocenters. The third kappa shape index (κ3) is 3.57. The molecule has 0 saturated carbocycles. The van der Waals surface area contributed by atoms with Gasteiger partial charge in [-0.05, 0) is 42.2 Å². The van der Waals surface area contributed by atoms with Crippen molar-refractivity contribution in [3.05, 3.63) is 65.7 Å². The molecule has 1 fully saturated rings. The summed E-state index contributed by atoms with van der Waals surface area (Å²) in [6, 6.07) is 12.4. The monoisotopic (exact) mass is 389 g/mol. The van der Waals surface area contributed by atoms with Crippen molar-refractivity contribution >= 4 is 5.71 Å². The molecule has 3 aromatic rings. The average molecular weight is 389 g/mol. The minimum Gasteiger partial charge on any atom is -0.459 e. The van der Waals surface area contributed by atoms with Crippen LogP contribution in [0, 0.1) is 0 Å². The van der Waals surface area contributed by atoms with Crippen LogP contribution in [0.15, 0.2) is 58.4 Å². The number of hydrogen-bond acceptors (Lipinski definition) is 6. The zero-order chi connectivity index (χ0) is 19.6. The smallest absolute Gasteiger partial charge is 0.142 e. The second kappa shape index (κ2) is 7.81. The van der Waals surface area contributed by atoms with Gasteiger partial charge in [0.25, 0.3) is 0 Å². The van der Waals surface area contributed by atoms with Crippen LogP contribution in [0.5, 0.6) is 0 Å². The maximum Gasteiger partial charge on any atom is 0.142 e. The van der Waals surface area contributed by atoms with Gasteiger partial charge in [-0.2, -0.15) is 0 Å². The molecule has 2 aromatic heterocycles. The SMILES string of the molecule is O/N=C1/CCc2cc(-c3cc(CN4CCOCC4)oc3-c3ccncc3)ccc21. The van der Waals surface area contributed by atoms with Crippen molar-refractivity contribution in [2.24, 2.45) is 5.16 Å². The van der Waals surface area contributed by atoms with Gasteiger partial charge in [-0.3, -0.25) is 9.88 Å². The van der Waals surface area contributed by atoms with Gasteiger partial charge in [0, 0.05) is 42.2 Å². The molecule has 6 heteroatoms. The van der Waals surface area contributed by atoms with Crippen LogP contribution < -0.4 is 0 Å². The maximum atomic E-state index is 9.20. The first kappa shape index (κ1) is 18.1. The number of aryl methyl sites for hydroxylation is 1. The summed E-state index contributed by atoms with van der Waals surface area (Å²) in [6.45, 7) is 4.15. The van der Waals surface area contributed by atoms with E-state index in [9.17, 15) is 5.21 Å². The minimum absolute atomic E-state index is 0.765. The lowest BCUT2D eigenvalue weighted by Gasteiger charge is -2.25. The number of nitrogens with zero attached hydrogens (tertiary/aromatic N) is 3. The molecular weight excluding hydrogens is 366 g/mol. The number of hydrogen-bond donors (Lipinski definition) is 1. The molecule has 6 nitrogen and oxygen atoms in total. The molecule has 1 aromatic carbocycles. The van der Waals surface area contributed by atoms with Crippen LogP contribution in [0.1, 0.15) is 23.3 Å². The van der Waals surface area contributed by atoms with Crippen LogP contribution >= 0.6 is 0 Å². The zero-order valence-electron chi connectivity index (χ0n) is 16.2. The van der Waals surface area contributed by atoms with Crippen molar-refractivity contribution in [2.45, 2.75) is 19.4 Å². The molecular formula is C23H23N3O3.